The van der Waals surface area contributed by atoms with Crippen LogP contribution in [0.3, 0.4) is 0 Å². The summed E-state index contributed by atoms with van der Waals surface area (Å²) in [6.07, 6.45) is 0. The van der Waals surface area contributed by atoms with Crippen LogP contribution >= 0.6 is 11.6 Å². The van der Waals surface area contributed by atoms with Gasteiger partial charge in [-0.1, -0.05) is 22.8 Å². The van der Waals surface area contributed by atoms with E-state index in [0.717, 1.165) is 0 Å². The van der Waals surface area contributed by atoms with Crippen molar-refractivity contribution < 1.29 is 9.63 Å². The third-order valence-corrected chi connectivity index (χ3v) is 2.10. The van der Waals surface area contributed by atoms with Crippen LogP contribution in [-0.2, 0) is 0 Å². The maximum absolute atomic E-state index is 9.61. The summed E-state index contributed by atoms with van der Waals surface area (Å²) >= 11 is 5.73. The van der Waals surface area contributed by atoms with Gasteiger partial charge in [-0.25, -0.2) is 0 Å². The van der Waals surface area contributed by atoms with Crippen LogP contribution in [0.15, 0.2) is 28.8 Å². The monoisotopic (exact) mass is 210 g/mol. The third-order valence-electron chi connectivity index (χ3n) is 1.79. The number of halogens is 1. The SMILES string of the molecule is Nc1cc(-c2cccc(Cl)c2O)no1. The predicted octanol–water partition coefficient (Wildman–Crippen LogP) is 2.28. The van der Waals surface area contributed by atoms with Gasteiger partial charge in [0.1, 0.15) is 11.4 Å². The maximum atomic E-state index is 9.61. The average Bonchev–Trinajstić information content (AvgIpc) is 2.57. The van der Waals surface area contributed by atoms with E-state index in [0.29, 0.717) is 11.3 Å². The summed E-state index contributed by atoms with van der Waals surface area (Å²) < 4.78 is 4.69. The van der Waals surface area contributed by atoms with Crippen molar-refractivity contribution in [3.8, 4) is 17.0 Å². The first-order chi connectivity index (χ1) is 6.68. The standard InChI is InChI=1S/C9H7ClN2O2/c10-6-3-1-2-5(9(6)13)7-4-8(11)14-12-7/h1-4,13H,11H2. The van der Waals surface area contributed by atoms with E-state index in [1.807, 2.05) is 0 Å². The molecule has 5 heteroatoms. The molecule has 0 aliphatic carbocycles. The van der Waals surface area contributed by atoms with Gasteiger partial charge in [-0.15, -0.1) is 0 Å². The molecule has 0 atom stereocenters. The first-order valence-corrected chi connectivity index (χ1v) is 4.26. The number of anilines is 1. The Morgan fingerprint density at radius 3 is 2.86 bits per heavy atom. The van der Waals surface area contributed by atoms with Crippen molar-refractivity contribution in [1.82, 2.24) is 5.16 Å². The molecule has 0 saturated heterocycles. The number of aromatic hydroxyl groups is 1. The van der Waals surface area contributed by atoms with Crippen molar-refractivity contribution in [3.05, 3.63) is 29.3 Å². The van der Waals surface area contributed by atoms with E-state index in [1.54, 1.807) is 18.2 Å². The average molecular weight is 211 g/mol. The van der Waals surface area contributed by atoms with Gasteiger partial charge in [0.2, 0.25) is 5.88 Å². The Bertz CT molecular complexity index is 468. The van der Waals surface area contributed by atoms with E-state index in [9.17, 15) is 5.11 Å². The van der Waals surface area contributed by atoms with Crippen LogP contribution in [0.25, 0.3) is 11.3 Å². The quantitative estimate of drug-likeness (QED) is 0.758. The number of rotatable bonds is 1. The number of para-hydroxylation sites is 1. The summed E-state index contributed by atoms with van der Waals surface area (Å²) in [5.41, 5.74) is 6.32. The van der Waals surface area contributed by atoms with Crippen LogP contribution in [0.4, 0.5) is 5.88 Å². The Morgan fingerprint density at radius 1 is 1.43 bits per heavy atom. The molecule has 2 aromatic rings. The summed E-state index contributed by atoms with van der Waals surface area (Å²) in [5.74, 6) is 0.168. The summed E-state index contributed by atoms with van der Waals surface area (Å²) in [6.45, 7) is 0. The van der Waals surface area contributed by atoms with Crippen LogP contribution in [0, 0.1) is 0 Å². The van der Waals surface area contributed by atoms with Gasteiger partial charge < -0.3 is 15.4 Å². The van der Waals surface area contributed by atoms with Crippen molar-refractivity contribution in [1.29, 1.82) is 0 Å². The van der Waals surface area contributed by atoms with Crippen LogP contribution in [0.5, 0.6) is 5.75 Å². The minimum Gasteiger partial charge on any atom is -0.506 e. The van der Waals surface area contributed by atoms with Gasteiger partial charge in [-0.05, 0) is 12.1 Å². The van der Waals surface area contributed by atoms with Crippen molar-refractivity contribution in [2.75, 3.05) is 5.73 Å². The number of benzene rings is 1. The van der Waals surface area contributed by atoms with Gasteiger partial charge in [0.25, 0.3) is 0 Å². The van der Waals surface area contributed by atoms with E-state index in [1.165, 1.54) is 6.07 Å². The third kappa shape index (κ3) is 1.40. The van der Waals surface area contributed by atoms with Crippen LogP contribution in [-0.4, -0.2) is 10.3 Å². The van der Waals surface area contributed by atoms with Crippen molar-refractivity contribution >= 4 is 17.5 Å². The molecule has 1 aromatic heterocycles. The lowest BCUT2D eigenvalue weighted by atomic mass is 10.1. The molecular formula is C9H7ClN2O2. The molecule has 0 fully saturated rings. The fraction of sp³-hybridized carbons (Fsp3) is 0. The molecular weight excluding hydrogens is 204 g/mol. The molecule has 0 saturated carbocycles. The van der Waals surface area contributed by atoms with E-state index in [-0.39, 0.29) is 16.7 Å². The molecule has 14 heavy (non-hydrogen) atoms. The Kier molecular flexibility index (Phi) is 2.05. The molecule has 0 aliphatic rings. The molecule has 2 rings (SSSR count). The molecule has 4 nitrogen and oxygen atoms in total. The van der Waals surface area contributed by atoms with Gasteiger partial charge in [-0.2, -0.15) is 0 Å². The molecule has 0 aliphatic heterocycles. The molecule has 0 spiro atoms. The number of nitrogens with zero attached hydrogens (tertiary/aromatic N) is 1. The second kappa shape index (κ2) is 3.23. The van der Waals surface area contributed by atoms with Crippen molar-refractivity contribution in [2.24, 2.45) is 0 Å². The van der Waals surface area contributed by atoms with Crippen LogP contribution < -0.4 is 5.73 Å². The topological polar surface area (TPSA) is 72.3 Å². The number of hydrogen-bond acceptors (Lipinski definition) is 4. The highest BCUT2D eigenvalue weighted by molar-refractivity contribution is 6.32. The fourth-order valence-electron chi connectivity index (χ4n) is 1.14. The van der Waals surface area contributed by atoms with Crippen molar-refractivity contribution in [2.45, 2.75) is 0 Å². The van der Waals surface area contributed by atoms with Gasteiger partial charge in [0, 0.05) is 11.6 Å². The van der Waals surface area contributed by atoms with Gasteiger partial charge in [0.05, 0.1) is 5.02 Å². The number of nitrogens with two attached hydrogens (primary N) is 1. The van der Waals surface area contributed by atoms with E-state index < -0.39 is 0 Å². The molecule has 72 valence electrons. The summed E-state index contributed by atoms with van der Waals surface area (Å²) in [7, 11) is 0. The Labute approximate surface area is 84.9 Å². The molecule has 3 N–H and O–H groups in total. The lowest BCUT2D eigenvalue weighted by Crippen LogP contribution is -1.79. The highest BCUT2D eigenvalue weighted by Gasteiger charge is 2.10. The highest BCUT2D eigenvalue weighted by atomic mass is 35.5. The first kappa shape index (κ1) is 8.90. The molecule has 0 unspecified atom stereocenters. The van der Waals surface area contributed by atoms with Crippen LogP contribution in [0.2, 0.25) is 5.02 Å². The Hall–Kier alpha value is -1.68. The molecule has 1 heterocycles. The summed E-state index contributed by atoms with van der Waals surface area (Å²) in [6, 6.07) is 6.50. The fourth-order valence-corrected chi connectivity index (χ4v) is 1.31. The zero-order valence-corrected chi connectivity index (χ0v) is 7.82. The lowest BCUT2D eigenvalue weighted by Gasteiger charge is -2.00. The summed E-state index contributed by atoms with van der Waals surface area (Å²) in [4.78, 5) is 0. The Morgan fingerprint density at radius 2 is 2.21 bits per heavy atom. The highest BCUT2D eigenvalue weighted by Crippen LogP contribution is 2.34. The smallest absolute Gasteiger partial charge is 0.222 e. The van der Waals surface area contributed by atoms with Gasteiger partial charge in [0.15, 0.2) is 0 Å². The number of phenolic OH excluding ortho intramolecular Hbond substituents is 1. The second-order valence-corrected chi connectivity index (χ2v) is 3.16. The zero-order valence-electron chi connectivity index (χ0n) is 7.07. The van der Waals surface area contributed by atoms with Gasteiger partial charge in [-0.3, -0.25) is 0 Å². The van der Waals surface area contributed by atoms with E-state index in [2.05, 4.69) is 9.68 Å². The largest absolute Gasteiger partial charge is 0.506 e. The minimum absolute atomic E-state index is 0.0255. The second-order valence-electron chi connectivity index (χ2n) is 2.75. The van der Waals surface area contributed by atoms with Crippen LogP contribution in [0.1, 0.15) is 0 Å². The van der Waals surface area contributed by atoms with Gasteiger partial charge >= 0.3 is 0 Å². The number of phenols is 1. The molecule has 1 aromatic carbocycles. The van der Waals surface area contributed by atoms with E-state index in [4.69, 9.17) is 17.3 Å². The Balaban J connectivity index is 2.57. The zero-order chi connectivity index (χ0) is 10.1. The first-order valence-electron chi connectivity index (χ1n) is 3.88. The maximum Gasteiger partial charge on any atom is 0.222 e. The number of nitrogen functional groups attached to an aromatic ring is 1. The normalized spacial score (nSPS) is 10.4. The van der Waals surface area contributed by atoms with E-state index >= 15 is 0 Å². The molecule has 0 bridgehead atoms. The molecule has 0 radical (unpaired) electrons. The minimum atomic E-state index is -0.0255. The predicted molar refractivity (Wildman–Crippen MR) is 53.0 cm³/mol. The number of hydrogen-bond donors (Lipinski definition) is 2. The summed E-state index contributed by atoms with van der Waals surface area (Å²) in [5, 5.41) is 13.5. The molecule has 0 amide bonds. The van der Waals surface area contributed by atoms with Crippen molar-refractivity contribution in [3.63, 3.8) is 0 Å². The lowest BCUT2D eigenvalue weighted by molar-refractivity contribution is 0.437. The number of aromatic nitrogens is 1.